The molecule has 2 aliphatic heterocycles. The number of nitrogens with zero attached hydrogens (tertiary/aromatic N) is 1. The smallest absolute Gasteiger partial charge is 0.379 e. The Morgan fingerprint density at radius 1 is 1.22 bits per heavy atom. The maximum Gasteiger partial charge on any atom is 0.391 e. The lowest BCUT2D eigenvalue weighted by atomic mass is 9.94. The van der Waals surface area contributed by atoms with Crippen LogP contribution >= 0.6 is 0 Å². The van der Waals surface area contributed by atoms with Crippen LogP contribution in [0.1, 0.15) is 12.8 Å². The Bertz CT molecular complexity index is 314. The minimum atomic E-state index is -4.15. The number of hydrogen-bond acceptors (Lipinski definition) is 3. The van der Waals surface area contributed by atoms with Gasteiger partial charge in [-0.1, -0.05) is 0 Å². The second-order valence-corrected chi connectivity index (χ2v) is 4.95. The normalized spacial score (nSPS) is 30.8. The van der Waals surface area contributed by atoms with Gasteiger partial charge < -0.3 is 15.4 Å². The van der Waals surface area contributed by atoms with Crippen LogP contribution in [0.2, 0.25) is 0 Å². The van der Waals surface area contributed by atoms with Crippen molar-refractivity contribution in [1.29, 1.82) is 0 Å². The number of rotatable bonds is 1. The molecule has 0 radical (unpaired) electrons. The van der Waals surface area contributed by atoms with E-state index in [4.69, 9.17) is 10.5 Å². The van der Waals surface area contributed by atoms with Crippen LogP contribution in [0, 0.1) is 11.8 Å². The first kappa shape index (κ1) is 13.6. The van der Waals surface area contributed by atoms with Crippen molar-refractivity contribution in [2.24, 2.45) is 17.6 Å². The van der Waals surface area contributed by atoms with Crippen molar-refractivity contribution < 1.29 is 22.7 Å². The van der Waals surface area contributed by atoms with Gasteiger partial charge >= 0.3 is 6.18 Å². The fourth-order valence-electron chi connectivity index (χ4n) is 2.49. The minimum Gasteiger partial charge on any atom is -0.379 e. The Hall–Kier alpha value is -0.820. The number of alkyl halides is 3. The summed E-state index contributed by atoms with van der Waals surface area (Å²) in [5.74, 6) is -1.84. The summed E-state index contributed by atoms with van der Waals surface area (Å²) in [6.45, 7) is 0.938. The number of nitrogens with two attached hydrogens (primary N) is 1. The lowest BCUT2D eigenvalue weighted by molar-refractivity contribution is -0.187. The fourth-order valence-corrected chi connectivity index (χ4v) is 2.49. The molecular formula is C11H17F3N2O2. The topological polar surface area (TPSA) is 55.6 Å². The first-order chi connectivity index (χ1) is 8.39. The Morgan fingerprint density at radius 3 is 2.28 bits per heavy atom. The van der Waals surface area contributed by atoms with Gasteiger partial charge in [0.25, 0.3) is 0 Å². The Kier molecular flexibility index (Phi) is 3.82. The molecule has 0 spiro atoms. The molecule has 0 aliphatic carbocycles. The van der Waals surface area contributed by atoms with Crippen LogP contribution in [0.3, 0.4) is 0 Å². The maximum atomic E-state index is 12.5. The van der Waals surface area contributed by atoms with Crippen LogP contribution in [-0.2, 0) is 9.53 Å². The van der Waals surface area contributed by atoms with Gasteiger partial charge in [0.1, 0.15) is 0 Å². The maximum absolute atomic E-state index is 12.5. The third-order valence-corrected chi connectivity index (χ3v) is 3.71. The Balaban J connectivity index is 1.88. The molecule has 2 unspecified atom stereocenters. The number of likely N-dealkylation sites (tertiary alicyclic amines) is 1. The number of piperidine rings is 1. The van der Waals surface area contributed by atoms with Gasteiger partial charge in [0.05, 0.1) is 25.0 Å². The molecule has 2 saturated heterocycles. The predicted molar refractivity (Wildman–Crippen MR) is 57.6 cm³/mol. The number of carbonyl (C=O) groups is 1. The quantitative estimate of drug-likeness (QED) is 0.762. The molecule has 0 aromatic rings. The number of ether oxygens (including phenoxy) is 1. The van der Waals surface area contributed by atoms with E-state index in [2.05, 4.69) is 0 Å². The van der Waals surface area contributed by atoms with Crippen LogP contribution in [0.5, 0.6) is 0 Å². The third-order valence-electron chi connectivity index (χ3n) is 3.71. The van der Waals surface area contributed by atoms with Gasteiger partial charge in [-0.15, -0.1) is 0 Å². The average Bonchev–Trinajstić information content (AvgIpc) is 2.73. The monoisotopic (exact) mass is 266 g/mol. The highest BCUT2D eigenvalue weighted by Crippen LogP contribution is 2.34. The molecule has 2 heterocycles. The zero-order valence-corrected chi connectivity index (χ0v) is 9.95. The second kappa shape index (κ2) is 5.05. The molecule has 2 fully saturated rings. The fraction of sp³-hybridized carbons (Fsp3) is 0.909. The summed E-state index contributed by atoms with van der Waals surface area (Å²) in [5, 5.41) is 0. The Morgan fingerprint density at radius 2 is 1.83 bits per heavy atom. The van der Waals surface area contributed by atoms with Gasteiger partial charge in [0.2, 0.25) is 5.91 Å². The van der Waals surface area contributed by atoms with Crippen LogP contribution in [-0.4, -0.2) is 49.3 Å². The van der Waals surface area contributed by atoms with Crippen LogP contribution in [0.4, 0.5) is 13.2 Å². The van der Waals surface area contributed by atoms with E-state index in [0.717, 1.165) is 0 Å². The minimum absolute atomic E-state index is 0.0158. The predicted octanol–water partition coefficient (Wildman–Crippen LogP) is 0.761. The number of hydrogen-bond donors (Lipinski definition) is 1. The van der Waals surface area contributed by atoms with Gasteiger partial charge in [-0.2, -0.15) is 13.2 Å². The summed E-state index contributed by atoms with van der Waals surface area (Å²) < 4.78 is 42.6. The third kappa shape index (κ3) is 2.77. The molecule has 2 N–H and O–H groups in total. The van der Waals surface area contributed by atoms with Crippen molar-refractivity contribution in [2.45, 2.75) is 25.1 Å². The zero-order chi connectivity index (χ0) is 13.3. The molecule has 0 saturated carbocycles. The molecular weight excluding hydrogens is 249 g/mol. The molecule has 4 nitrogen and oxygen atoms in total. The number of halogens is 3. The summed E-state index contributed by atoms with van der Waals surface area (Å²) in [6, 6.07) is -0.335. The molecule has 2 aliphatic rings. The van der Waals surface area contributed by atoms with Crippen molar-refractivity contribution in [3.05, 3.63) is 0 Å². The van der Waals surface area contributed by atoms with Gasteiger partial charge in [-0.25, -0.2) is 0 Å². The van der Waals surface area contributed by atoms with Crippen molar-refractivity contribution in [1.82, 2.24) is 4.90 Å². The second-order valence-electron chi connectivity index (χ2n) is 4.95. The summed E-state index contributed by atoms with van der Waals surface area (Å²) in [5.41, 5.74) is 5.73. The van der Waals surface area contributed by atoms with E-state index in [1.165, 1.54) is 4.90 Å². The highest BCUT2D eigenvalue weighted by Gasteiger charge is 2.43. The van der Waals surface area contributed by atoms with E-state index in [0.29, 0.717) is 6.61 Å². The summed E-state index contributed by atoms with van der Waals surface area (Å²) in [7, 11) is 0. The highest BCUT2D eigenvalue weighted by molar-refractivity contribution is 5.80. The van der Waals surface area contributed by atoms with Crippen LogP contribution < -0.4 is 5.73 Å². The zero-order valence-electron chi connectivity index (χ0n) is 9.95. The molecule has 18 heavy (non-hydrogen) atoms. The van der Waals surface area contributed by atoms with Crippen molar-refractivity contribution in [3.8, 4) is 0 Å². The van der Waals surface area contributed by atoms with E-state index in [-0.39, 0.29) is 44.5 Å². The molecule has 0 aromatic carbocycles. The first-order valence-corrected chi connectivity index (χ1v) is 6.08. The lowest BCUT2D eigenvalue weighted by Crippen LogP contribution is -2.48. The highest BCUT2D eigenvalue weighted by atomic mass is 19.4. The van der Waals surface area contributed by atoms with Gasteiger partial charge in [0, 0.05) is 19.1 Å². The molecule has 104 valence electrons. The molecule has 0 aromatic heterocycles. The average molecular weight is 266 g/mol. The standard InChI is InChI=1S/C11H17F3N2O2/c12-11(13,14)7-1-3-16(4-2-7)10(17)8-5-18-6-9(8)15/h7-9H,1-6,15H2. The van der Waals surface area contributed by atoms with E-state index < -0.39 is 18.0 Å². The van der Waals surface area contributed by atoms with E-state index in [9.17, 15) is 18.0 Å². The van der Waals surface area contributed by atoms with E-state index >= 15 is 0 Å². The van der Waals surface area contributed by atoms with Crippen LogP contribution in [0.15, 0.2) is 0 Å². The van der Waals surface area contributed by atoms with E-state index in [1.807, 2.05) is 0 Å². The van der Waals surface area contributed by atoms with Gasteiger partial charge in [-0.3, -0.25) is 4.79 Å². The first-order valence-electron chi connectivity index (χ1n) is 6.08. The van der Waals surface area contributed by atoms with Crippen LogP contribution in [0.25, 0.3) is 0 Å². The summed E-state index contributed by atoms with van der Waals surface area (Å²) in [6.07, 6.45) is -4.18. The molecule has 2 rings (SSSR count). The van der Waals surface area contributed by atoms with Crippen molar-refractivity contribution in [3.63, 3.8) is 0 Å². The number of carbonyl (C=O) groups excluding carboxylic acids is 1. The molecule has 0 bridgehead atoms. The molecule has 1 amide bonds. The van der Waals surface area contributed by atoms with Crippen molar-refractivity contribution in [2.75, 3.05) is 26.3 Å². The number of amides is 1. The summed E-state index contributed by atoms with van der Waals surface area (Å²) >= 11 is 0. The van der Waals surface area contributed by atoms with E-state index in [1.54, 1.807) is 0 Å². The lowest BCUT2D eigenvalue weighted by Gasteiger charge is -2.34. The molecule has 7 heteroatoms. The summed E-state index contributed by atoms with van der Waals surface area (Å²) in [4.78, 5) is 13.5. The largest absolute Gasteiger partial charge is 0.391 e. The van der Waals surface area contributed by atoms with Gasteiger partial charge in [-0.05, 0) is 12.8 Å². The van der Waals surface area contributed by atoms with Gasteiger partial charge in [0.15, 0.2) is 0 Å². The Labute approximate surface area is 103 Å². The molecule has 2 atom stereocenters. The SMILES string of the molecule is NC1COCC1C(=O)N1CCC(C(F)(F)F)CC1. The van der Waals surface area contributed by atoms with Crippen molar-refractivity contribution >= 4 is 5.91 Å².